The van der Waals surface area contributed by atoms with Gasteiger partial charge in [0.05, 0.1) is 0 Å². The third-order valence-corrected chi connectivity index (χ3v) is 3.86. The van der Waals surface area contributed by atoms with Crippen molar-refractivity contribution in [1.29, 1.82) is 0 Å². The van der Waals surface area contributed by atoms with Crippen LogP contribution in [0.1, 0.15) is 25.5 Å². The van der Waals surface area contributed by atoms with Crippen LogP contribution < -0.4 is 5.73 Å². The molecule has 2 N–H and O–H groups in total. The number of carbonyl (C=O) groups excluding carboxylic acids is 1. The largest absolute Gasteiger partial charge is 0.338 e. The Hall–Kier alpha value is -1.46. The van der Waals surface area contributed by atoms with Crippen LogP contribution in [-0.4, -0.2) is 47.9 Å². The number of amides is 1. The number of hydrogen-bond donors (Lipinski definition) is 1. The molecule has 0 aliphatic carbocycles. The van der Waals surface area contributed by atoms with E-state index in [1.54, 1.807) is 23.1 Å². The molecular formula is C15H22FN3O. The fourth-order valence-electron chi connectivity index (χ4n) is 2.52. The average Bonchev–Trinajstić information content (AvgIpc) is 2.46. The van der Waals surface area contributed by atoms with Gasteiger partial charge in [0.1, 0.15) is 11.9 Å². The van der Waals surface area contributed by atoms with E-state index in [0.717, 1.165) is 13.1 Å². The number of piperazine rings is 1. The first-order valence-electron chi connectivity index (χ1n) is 7.03. The summed E-state index contributed by atoms with van der Waals surface area (Å²) in [6.07, 6.45) is 0. The second-order valence-electron chi connectivity index (χ2n) is 5.45. The summed E-state index contributed by atoms with van der Waals surface area (Å²) in [5, 5.41) is 0. The molecule has 0 saturated carbocycles. The molecule has 1 aromatic rings. The van der Waals surface area contributed by atoms with E-state index in [0.29, 0.717) is 19.1 Å². The van der Waals surface area contributed by atoms with E-state index in [-0.39, 0.29) is 11.5 Å². The smallest absolute Gasteiger partial charge is 0.244 e. The molecular weight excluding hydrogens is 257 g/mol. The van der Waals surface area contributed by atoms with Crippen LogP contribution in [0.15, 0.2) is 24.3 Å². The summed E-state index contributed by atoms with van der Waals surface area (Å²) in [6.45, 7) is 7.27. The van der Waals surface area contributed by atoms with Crippen LogP contribution in [0.5, 0.6) is 0 Å². The Labute approximate surface area is 119 Å². The van der Waals surface area contributed by atoms with Crippen LogP contribution in [0, 0.1) is 5.82 Å². The van der Waals surface area contributed by atoms with Crippen molar-refractivity contribution in [2.24, 2.45) is 5.73 Å². The summed E-state index contributed by atoms with van der Waals surface area (Å²) in [4.78, 5) is 16.4. The van der Waals surface area contributed by atoms with Gasteiger partial charge in [0.15, 0.2) is 0 Å². The topological polar surface area (TPSA) is 49.6 Å². The van der Waals surface area contributed by atoms with Crippen LogP contribution >= 0.6 is 0 Å². The second kappa shape index (κ2) is 6.33. The molecule has 4 nitrogen and oxygen atoms in total. The molecule has 0 bridgehead atoms. The Morgan fingerprint density at radius 2 is 1.80 bits per heavy atom. The lowest BCUT2D eigenvalue weighted by atomic mass is 10.1. The van der Waals surface area contributed by atoms with Crippen molar-refractivity contribution in [3.63, 3.8) is 0 Å². The zero-order valence-electron chi connectivity index (χ0n) is 12.1. The van der Waals surface area contributed by atoms with Crippen molar-refractivity contribution in [3.8, 4) is 0 Å². The minimum atomic E-state index is -0.915. The van der Waals surface area contributed by atoms with Gasteiger partial charge in [-0.15, -0.1) is 0 Å². The van der Waals surface area contributed by atoms with E-state index >= 15 is 0 Å². The lowest BCUT2D eigenvalue weighted by Gasteiger charge is -2.37. The highest BCUT2D eigenvalue weighted by Gasteiger charge is 2.28. The van der Waals surface area contributed by atoms with E-state index in [2.05, 4.69) is 18.7 Å². The van der Waals surface area contributed by atoms with Crippen molar-refractivity contribution >= 4 is 5.91 Å². The van der Waals surface area contributed by atoms with E-state index in [1.807, 2.05) is 0 Å². The minimum Gasteiger partial charge on any atom is -0.338 e. The highest BCUT2D eigenvalue weighted by molar-refractivity contribution is 5.83. The monoisotopic (exact) mass is 279 g/mol. The summed E-state index contributed by atoms with van der Waals surface area (Å²) in [6, 6.07) is 5.76. The van der Waals surface area contributed by atoms with E-state index in [9.17, 15) is 9.18 Å². The Kier molecular flexibility index (Phi) is 4.73. The number of carbonyl (C=O) groups is 1. The van der Waals surface area contributed by atoms with Crippen LogP contribution in [0.4, 0.5) is 4.39 Å². The molecule has 5 heteroatoms. The van der Waals surface area contributed by atoms with Gasteiger partial charge in [-0.25, -0.2) is 4.39 Å². The third-order valence-electron chi connectivity index (χ3n) is 3.86. The lowest BCUT2D eigenvalue weighted by molar-refractivity contribution is -0.134. The molecule has 110 valence electrons. The molecule has 1 aromatic carbocycles. The van der Waals surface area contributed by atoms with E-state index in [4.69, 9.17) is 5.73 Å². The van der Waals surface area contributed by atoms with Crippen molar-refractivity contribution < 1.29 is 9.18 Å². The molecule has 1 aliphatic rings. The van der Waals surface area contributed by atoms with Crippen LogP contribution in [0.3, 0.4) is 0 Å². The van der Waals surface area contributed by atoms with Crippen LogP contribution in [0.25, 0.3) is 0 Å². The maximum Gasteiger partial charge on any atom is 0.244 e. The SMILES string of the molecule is CC(C)N1CCN(C(=O)C(N)c2ccccc2F)CC1. The molecule has 1 saturated heterocycles. The van der Waals surface area contributed by atoms with Crippen molar-refractivity contribution in [1.82, 2.24) is 9.80 Å². The molecule has 0 radical (unpaired) electrons. The van der Waals surface area contributed by atoms with Gasteiger partial charge in [0.2, 0.25) is 5.91 Å². The normalized spacial score (nSPS) is 18.4. The standard InChI is InChI=1S/C15H22FN3O/c1-11(2)18-7-9-19(10-8-18)15(20)14(17)12-5-3-4-6-13(12)16/h3-6,11,14H,7-10,17H2,1-2H3. The molecule has 1 atom stereocenters. The molecule has 0 spiro atoms. The molecule has 20 heavy (non-hydrogen) atoms. The van der Waals surface area contributed by atoms with Crippen LogP contribution in [0.2, 0.25) is 0 Å². The maximum absolute atomic E-state index is 13.7. The highest BCUT2D eigenvalue weighted by Crippen LogP contribution is 2.18. The van der Waals surface area contributed by atoms with Gasteiger partial charge >= 0.3 is 0 Å². The van der Waals surface area contributed by atoms with Gasteiger partial charge in [0, 0.05) is 37.8 Å². The Balaban J connectivity index is 2.00. The Morgan fingerprint density at radius 1 is 1.20 bits per heavy atom. The zero-order chi connectivity index (χ0) is 14.7. The molecule has 1 heterocycles. The van der Waals surface area contributed by atoms with Gasteiger partial charge in [-0.05, 0) is 19.9 Å². The molecule has 1 unspecified atom stereocenters. The number of rotatable bonds is 3. The van der Waals surface area contributed by atoms with Crippen molar-refractivity contribution in [2.45, 2.75) is 25.9 Å². The number of hydrogen-bond acceptors (Lipinski definition) is 3. The molecule has 2 rings (SSSR count). The second-order valence-corrected chi connectivity index (χ2v) is 5.45. The minimum absolute atomic E-state index is 0.196. The first-order chi connectivity index (χ1) is 9.50. The predicted molar refractivity (Wildman–Crippen MR) is 76.6 cm³/mol. The maximum atomic E-state index is 13.7. The third kappa shape index (κ3) is 3.16. The lowest BCUT2D eigenvalue weighted by Crippen LogP contribution is -2.52. The zero-order valence-corrected chi connectivity index (χ0v) is 12.1. The molecule has 1 aliphatic heterocycles. The molecule has 1 fully saturated rings. The van der Waals surface area contributed by atoms with Gasteiger partial charge in [-0.2, -0.15) is 0 Å². The van der Waals surface area contributed by atoms with E-state index < -0.39 is 11.9 Å². The van der Waals surface area contributed by atoms with Gasteiger partial charge in [-0.1, -0.05) is 18.2 Å². The summed E-state index contributed by atoms with van der Waals surface area (Å²) >= 11 is 0. The quantitative estimate of drug-likeness (QED) is 0.909. The van der Waals surface area contributed by atoms with E-state index in [1.165, 1.54) is 6.07 Å². The van der Waals surface area contributed by atoms with Gasteiger partial charge < -0.3 is 10.6 Å². The number of nitrogens with zero attached hydrogens (tertiary/aromatic N) is 2. The van der Waals surface area contributed by atoms with Crippen LogP contribution in [-0.2, 0) is 4.79 Å². The average molecular weight is 279 g/mol. The Bertz CT molecular complexity index is 470. The summed E-state index contributed by atoms with van der Waals surface area (Å²) < 4.78 is 13.7. The number of benzene rings is 1. The Morgan fingerprint density at radius 3 is 2.35 bits per heavy atom. The molecule has 1 amide bonds. The van der Waals surface area contributed by atoms with Gasteiger partial charge in [-0.3, -0.25) is 9.69 Å². The van der Waals surface area contributed by atoms with Crippen molar-refractivity contribution in [3.05, 3.63) is 35.6 Å². The number of halogens is 1. The highest BCUT2D eigenvalue weighted by atomic mass is 19.1. The first-order valence-corrected chi connectivity index (χ1v) is 7.03. The van der Waals surface area contributed by atoms with Gasteiger partial charge in [0.25, 0.3) is 0 Å². The summed E-state index contributed by atoms with van der Waals surface area (Å²) in [7, 11) is 0. The summed E-state index contributed by atoms with van der Waals surface area (Å²) in [5.41, 5.74) is 6.19. The van der Waals surface area contributed by atoms with Crippen molar-refractivity contribution in [2.75, 3.05) is 26.2 Å². The predicted octanol–water partition coefficient (Wildman–Crippen LogP) is 1.38. The molecule has 0 aromatic heterocycles. The fraction of sp³-hybridized carbons (Fsp3) is 0.533. The number of nitrogens with two attached hydrogens (primary N) is 1. The first kappa shape index (κ1) is 14.9. The fourth-order valence-corrected chi connectivity index (χ4v) is 2.52. The summed E-state index contributed by atoms with van der Waals surface area (Å²) in [5.74, 6) is -0.618.